The summed E-state index contributed by atoms with van der Waals surface area (Å²) in [6.45, 7) is 1.57. The van der Waals surface area contributed by atoms with Crippen molar-refractivity contribution in [2.45, 2.75) is 6.10 Å². The van der Waals surface area contributed by atoms with Gasteiger partial charge in [-0.2, -0.15) is 0 Å². The number of benzene rings is 1. The Morgan fingerprint density at radius 2 is 2.17 bits per heavy atom. The van der Waals surface area contributed by atoms with Gasteiger partial charge in [-0.1, -0.05) is 23.2 Å². The summed E-state index contributed by atoms with van der Waals surface area (Å²) in [4.78, 5) is 14.0. The van der Waals surface area contributed by atoms with Crippen LogP contribution in [0, 0.1) is 0 Å². The molecule has 0 aromatic heterocycles. The van der Waals surface area contributed by atoms with Crippen molar-refractivity contribution in [1.29, 1.82) is 0 Å². The molecule has 0 saturated carbocycles. The summed E-state index contributed by atoms with van der Waals surface area (Å²) >= 11 is 17.5. The van der Waals surface area contributed by atoms with Gasteiger partial charge in [-0.25, -0.2) is 0 Å². The average molecular weight is 309 g/mol. The number of amides is 1. The fraction of sp³-hybridized carbons (Fsp3) is 0.417. The van der Waals surface area contributed by atoms with E-state index in [4.69, 9.17) is 39.5 Å². The number of carbonyl (C=O) groups is 1. The van der Waals surface area contributed by atoms with Crippen LogP contribution in [0.3, 0.4) is 0 Å². The van der Waals surface area contributed by atoms with Crippen molar-refractivity contribution >= 4 is 40.7 Å². The van der Waals surface area contributed by atoms with Crippen LogP contribution in [0.4, 0.5) is 0 Å². The molecule has 1 fully saturated rings. The second-order valence-corrected chi connectivity index (χ2v) is 5.15. The van der Waals surface area contributed by atoms with Crippen molar-refractivity contribution in [2.75, 3.05) is 25.6 Å². The van der Waals surface area contributed by atoms with Crippen LogP contribution >= 0.6 is 34.8 Å². The number of ether oxygens (including phenoxy) is 1. The molecule has 1 amide bonds. The van der Waals surface area contributed by atoms with Gasteiger partial charge in [0.1, 0.15) is 0 Å². The van der Waals surface area contributed by atoms with Gasteiger partial charge in [-0.05, 0) is 18.2 Å². The minimum atomic E-state index is -0.105. The van der Waals surface area contributed by atoms with Crippen molar-refractivity contribution in [3.8, 4) is 0 Å². The van der Waals surface area contributed by atoms with Gasteiger partial charge in [-0.3, -0.25) is 4.79 Å². The van der Waals surface area contributed by atoms with Gasteiger partial charge < -0.3 is 9.64 Å². The predicted molar refractivity (Wildman–Crippen MR) is 72.8 cm³/mol. The largest absolute Gasteiger partial charge is 0.373 e. The van der Waals surface area contributed by atoms with Gasteiger partial charge in [0.15, 0.2) is 0 Å². The first-order valence-electron chi connectivity index (χ1n) is 5.53. The quantitative estimate of drug-likeness (QED) is 0.786. The zero-order valence-electron chi connectivity index (χ0n) is 9.54. The highest BCUT2D eigenvalue weighted by Gasteiger charge is 2.24. The van der Waals surface area contributed by atoms with Crippen molar-refractivity contribution < 1.29 is 9.53 Å². The van der Waals surface area contributed by atoms with E-state index in [-0.39, 0.29) is 12.0 Å². The minimum absolute atomic E-state index is 0.0769. The Labute approximate surface area is 121 Å². The lowest BCUT2D eigenvalue weighted by Crippen LogP contribution is -2.46. The highest BCUT2D eigenvalue weighted by Crippen LogP contribution is 2.23. The molecule has 18 heavy (non-hydrogen) atoms. The minimum Gasteiger partial charge on any atom is -0.373 e. The number of morpholine rings is 1. The molecule has 0 N–H and O–H groups in total. The Balaban J connectivity index is 2.12. The van der Waals surface area contributed by atoms with E-state index in [9.17, 15) is 4.79 Å². The normalized spacial score (nSPS) is 19.9. The fourth-order valence-corrected chi connectivity index (χ4v) is 2.29. The van der Waals surface area contributed by atoms with E-state index in [1.807, 2.05) is 0 Å². The maximum Gasteiger partial charge on any atom is 0.254 e. The van der Waals surface area contributed by atoms with E-state index < -0.39 is 0 Å². The molecule has 1 aliphatic heterocycles. The number of alkyl halides is 1. The number of nitrogens with zero attached hydrogens (tertiary/aromatic N) is 1. The molecule has 3 nitrogen and oxygen atoms in total. The molecule has 0 bridgehead atoms. The number of hydrogen-bond acceptors (Lipinski definition) is 2. The average Bonchev–Trinajstić information content (AvgIpc) is 2.41. The highest BCUT2D eigenvalue weighted by molar-refractivity contribution is 6.42. The molecule has 1 atom stereocenters. The molecule has 0 spiro atoms. The summed E-state index contributed by atoms with van der Waals surface area (Å²) in [5.74, 6) is 0.303. The zero-order valence-corrected chi connectivity index (χ0v) is 11.8. The van der Waals surface area contributed by atoms with Crippen LogP contribution in [0.1, 0.15) is 10.4 Å². The molecule has 0 aliphatic carbocycles. The molecule has 1 aromatic rings. The van der Waals surface area contributed by atoms with Gasteiger partial charge in [0, 0.05) is 18.7 Å². The van der Waals surface area contributed by atoms with Crippen molar-refractivity contribution in [1.82, 2.24) is 4.90 Å². The standard InChI is InChI=1S/C12H12Cl3NO2/c13-6-9-7-16(3-4-18-9)12(17)8-1-2-10(14)11(15)5-8/h1-2,5,9H,3-4,6-7H2. The number of rotatable bonds is 2. The van der Waals surface area contributed by atoms with Crippen LogP contribution in [0.5, 0.6) is 0 Å². The number of carbonyl (C=O) groups excluding carboxylic acids is 1. The molecule has 0 radical (unpaired) electrons. The molecule has 98 valence electrons. The third-order valence-electron chi connectivity index (χ3n) is 2.76. The van der Waals surface area contributed by atoms with E-state index in [0.29, 0.717) is 41.2 Å². The van der Waals surface area contributed by atoms with Crippen LogP contribution < -0.4 is 0 Å². The Bertz CT molecular complexity index is 453. The highest BCUT2D eigenvalue weighted by atomic mass is 35.5. The SMILES string of the molecule is O=C(c1ccc(Cl)c(Cl)c1)N1CCOC(CCl)C1. The molecule has 1 saturated heterocycles. The smallest absolute Gasteiger partial charge is 0.254 e. The lowest BCUT2D eigenvalue weighted by atomic mass is 10.2. The Morgan fingerprint density at radius 1 is 1.39 bits per heavy atom. The van der Waals surface area contributed by atoms with Gasteiger partial charge in [0.25, 0.3) is 5.91 Å². The van der Waals surface area contributed by atoms with Crippen LogP contribution in [-0.2, 0) is 4.74 Å². The van der Waals surface area contributed by atoms with Crippen LogP contribution in [0.25, 0.3) is 0 Å². The Kier molecular flexibility index (Phi) is 4.73. The lowest BCUT2D eigenvalue weighted by molar-refractivity contribution is -0.0108. The van der Waals surface area contributed by atoms with Gasteiger partial charge >= 0.3 is 0 Å². The molecule has 1 heterocycles. The van der Waals surface area contributed by atoms with Crippen molar-refractivity contribution in [3.05, 3.63) is 33.8 Å². The first-order valence-corrected chi connectivity index (χ1v) is 6.82. The van der Waals surface area contributed by atoms with Crippen LogP contribution in [0.15, 0.2) is 18.2 Å². The van der Waals surface area contributed by atoms with Gasteiger partial charge in [-0.15, -0.1) is 11.6 Å². The van der Waals surface area contributed by atoms with Crippen molar-refractivity contribution in [2.24, 2.45) is 0 Å². The summed E-state index contributed by atoms with van der Waals surface area (Å²) in [6.07, 6.45) is -0.105. The van der Waals surface area contributed by atoms with E-state index in [2.05, 4.69) is 0 Å². The summed E-state index contributed by atoms with van der Waals surface area (Å²) < 4.78 is 5.41. The molecule has 1 aliphatic rings. The third-order valence-corrected chi connectivity index (χ3v) is 3.85. The summed E-state index contributed by atoms with van der Waals surface area (Å²) in [5, 5.41) is 0.818. The van der Waals surface area contributed by atoms with Crippen molar-refractivity contribution in [3.63, 3.8) is 0 Å². The van der Waals surface area contributed by atoms with Gasteiger partial charge in [0.2, 0.25) is 0 Å². The summed E-state index contributed by atoms with van der Waals surface area (Å²) in [6, 6.07) is 4.87. The lowest BCUT2D eigenvalue weighted by Gasteiger charge is -2.32. The topological polar surface area (TPSA) is 29.5 Å². The van der Waals surface area contributed by atoms with E-state index in [1.54, 1.807) is 23.1 Å². The molecule has 1 aromatic carbocycles. The maximum absolute atomic E-state index is 12.3. The summed E-state index contributed by atoms with van der Waals surface area (Å²) in [5.41, 5.74) is 0.527. The Hall–Kier alpha value is -0.480. The fourth-order valence-electron chi connectivity index (χ4n) is 1.81. The van der Waals surface area contributed by atoms with Gasteiger partial charge in [0.05, 0.1) is 28.6 Å². The van der Waals surface area contributed by atoms with E-state index >= 15 is 0 Å². The van der Waals surface area contributed by atoms with Crippen LogP contribution in [-0.4, -0.2) is 42.5 Å². The first-order chi connectivity index (χ1) is 8.61. The molecule has 6 heteroatoms. The molecule has 2 rings (SSSR count). The zero-order chi connectivity index (χ0) is 13.1. The van der Waals surface area contributed by atoms with E-state index in [0.717, 1.165) is 0 Å². The number of hydrogen-bond donors (Lipinski definition) is 0. The maximum atomic E-state index is 12.3. The first kappa shape index (κ1) is 13.9. The summed E-state index contributed by atoms with van der Waals surface area (Å²) in [7, 11) is 0. The Morgan fingerprint density at radius 3 is 2.83 bits per heavy atom. The second-order valence-electron chi connectivity index (χ2n) is 4.03. The van der Waals surface area contributed by atoms with E-state index in [1.165, 1.54) is 0 Å². The molecular weight excluding hydrogens is 296 g/mol. The second kappa shape index (κ2) is 6.11. The molecular formula is C12H12Cl3NO2. The molecule has 1 unspecified atom stereocenters. The monoisotopic (exact) mass is 307 g/mol. The third kappa shape index (κ3) is 3.09. The van der Waals surface area contributed by atoms with Crippen LogP contribution in [0.2, 0.25) is 10.0 Å². The predicted octanol–water partition coefficient (Wildman–Crippen LogP) is 3.07. The number of halogens is 3.